The molecule has 0 saturated carbocycles. The Morgan fingerprint density at radius 3 is 2.42 bits per heavy atom. The molecular formula is C16H27FN2. The first-order valence-electron chi connectivity index (χ1n) is 7.28. The van der Waals surface area contributed by atoms with Crippen LogP contribution >= 0.6 is 0 Å². The van der Waals surface area contributed by atoms with Gasteiger partial charge in [-0.2, -0.15) is 0 Å². The molecule has 0 aliphatic rings. The zero-order valence-electron chi connectivity index (χ0n) is 12.6. The summed E-state index contributed by atoms with van der Waals surface area (Å²) < 4.78 is 13.7. The van der Waals surface area contributed by atoms with Crippen LogP contribution in [-0.4, -0.2) is 31.1 Å². The molecule has 0 aliphatic carbocycles. The van der Waals surface area contributed by atoms with Crippen molar-refractivity contribution in [1.82, 2.24) is 10.2 Å². The van der Waals surface area contributed by atoms with E-state index in [0.29, 0.717) is 6.04 Å². The van der Waals surface area contributed by atoms with Crippen LogP contribution in [0.2, 0.25) is 0 Å². The summed E-state index contributed by atoms with van der Waals surface area (Å²) in [4.78, 5) is 2.19. The second-order valence-corrected chi connectivity index (χ2v) is 5.15. The molecule has 1 unspecified atom stereocenters. The first-order chi connectivity index (χ1) is 9.10. The predicted octanol–water partition coefficient (Wildman–Crippen LogP) is 3.60. The topological polar surface area (TPSA) is 15.3 Å². The van der Waals surface area contributed by atoms with E-state index in [-0.39, 0.29) is 11.9 Å². The van der Waals surface area contributed by atoms with Crippen LogP contribution in [-0.2, 0) is 0 Å². The molecule has 3 heteroatoms. The predicted molar refractivity (Wildman–Crippen MR) is 79.8 cm³/mol. The van der Waals surface area contributed by atoms with E-state index in [1.54, 1.807) is 6.07 Å². The first-order valence-corrected chi connectivity index (χ1v) is 7.28. The SMILES string of the molecule is CCC(CC)NCCN(C)C(C)c1ccccc1F. The van der Waals surface area contributed by atoms with Gasteiger partial charge in [0.2, 0.25) is 0 Å². The van der Waals surface area contributed by atoms with Crippen molar-refractivity contribution in [3.63, 3.8) is 0 Å². The molecule has 0 aliphatic heterocycles. The summed E-state index contributed by atoms with van der Waals surface area (Å²) in [5.74, 6) is -0.116. The lowest BCUT2D eigenvalue weighted by Crippen LogP contribution is -2.36. The van der Waals surface area contributed by atoms with Crippen molar-refractivity contribution >= 4 is 0 Å². The molecule has 0 saturated heterocycles. The van der Waals surface area contributed by atoms with Crippen LogP contribution in [0.4, 0.5) is 4.39 Å². The normalized spacial score (nSPS) is 13.2. The molecule has 0 aromatic heterocycles. The first kappa shape index (κ1) is 16.1. The fourth-order valence-corrected chi connectivity index (χ4v) is 2.27. The molecule has 1 N–H and O–H groups in total. The van der Waals surface area contributed by atoms with E-state index < -0.39 is 0 Å². The standard InChI is InChI=1S/C16H27FN2/c1-5-14(6-2)18-11-12-19(4)13(3)15-9-7-8-10-16(15)17/h7-10,13-14,18H,5-6,11-12H2,1-4H3. The monoisotopic (exact) mass is 266 g/mol. The molecule has 1 atom stereocenters. The highest BCUT2D eigenvalue weighted by Gasteiger charge is 2.14. The minimum absolute atomic E-state index is 0.102. The fourth-order valence-electron chi connectivity index (χ4n) is 2.27. The van der Waals surface area contributed by atoms with Crippen molar-refractivity contribution in [2.24, 2.45) is 0 Å². The largest absolute Gasteiger partial charge is 0.313 e. The summed E-state index contributed by atoms with van der Waals surface area (Å²) in [7, 11) is 2.05. The minimum Gasteiger partial charge on any atom is -0.313 e. The van der Waals surface area contributed by atoms with E-state index in [9.17, 15) is 4.39 Å². The van der Waals surface area contributed by atoms with Gasteiger partial charge in [-0.25, -0.2) is 4.39 Å². The van der Waals surface area contributed by atoms with E-state index >= 15 is 0 Å². The lowest BCUT2D eigenvalue weighted by Gasteiger charge is -2.26. The molecule has 1 rings (SSSR count). The van der Waals surface area contributed by atoms with Crippen LogP contribution in [0.1, 0.15) is 45.2 Å². The summed E-state index contributed by atoms with van der Waals surface area (Å²) in [6.07, 6.45) is 2.31. The number of nitrogens with one attached hydrogen (secondary N) is 1. The van der Waals surface area contributed by atoms with Gasteiger partial charge in [0.05, 0.1) is 0 Å². The van der Waals surface area contributed by atoms with Gasteiger partial charge in [-0.1, -0.05) is 32.0 Å². The number of benzene rings is 1. The Bertz CT molecular complexity index is 364. The van der Waals surface area contributed by atoms with E-state index in [1.165, 1.54) is 6.07 Å². The summed E-state index contributed by atoms with van der Waals surface area (Å²) in [6, 6.07) is 7.72. The Morgan fingerprint density at radius 2 is 1.84 bits per heavy atom. The average molecular weight is 266 g/mol. The molecule has 0 radical (unpaired) electrons. The average Bonchev–Trinajstić information content (AvgIpc) is 2.43. The van der Waals surface area contributed by atoms with Crippen molar-refractivity contribution in [2.75, 3.05) is 20.1 Å². The summed E-state index contributed by atoms with van der Waals surface area (Å²) in [5.41, 5.74) is 0.771. The van der Waals surface area contributed by atoms with Gasteiger partial charge >= 0.3 is 0 Å². The van der Waals surface area contributed by atoms with Crippen LogP contribution in [0.15, 0.2) is 24.3 Å². The second-order valence-electron chi connectivity index (χ2n) is 5.15. The zero-order chi connectivity index (χ0) is 14.3. The molecule has 19 heavy (non-hydrogen) atoms. The number of likely N-dealkylation sites (N-methyl/N-ethyl adjacent to an activating group) is 1. The van der Waals surface area contributed by atoms with E-state index in [1.807, 2.05) is 19.2 Å². The van der Waals surface area contributed by atoms with Crippen molar-refractivity contribution in [3.05, 3.63) is 35.6 Å². The van der Waals surface area contributed by atoms with Crippen LogP contribution in [0, 0.1) is 5.82 Å². The molecule has 0 amide bonds. The maximum absolute atomic E-state index is 13.7. The molecule has 0 heterocycles. The Balaban J connectivity index is 2.45. The number of halogens is 1. The maximum Gasteiger partial charge on any atom is 0.127 e. The van der Waals surface area contributed by atoms with Gasteiger partial charge in [-0.3, -0.25) is 4.90 Å². The number of nitrogens with zero attached hydrogens (tertiary/aromatic N) is 1. The highest BCUT2D eigenvalue weighted by molar-refractivity contribution is 5.20. The zero-order valence-corrected chi connectivity index (χ0v) is 12.6. The molecule has 1 aromatic carbocycles. The highest BCUT2D eigenvalue weighted by Crippen LogP contribution is 2.20. The summed E-state index contributed by atoms with van der Waals surface area (Å²) in [5, 5.41) is 3.54. The van der Waals surface area contributed by atoms with Crippen molar-refractivity contribution in [1.29, 1.82) is 0 Å². The second kappa shape index (κ2) is 8.28. The van der Waals surface area contributed by atoms with Crippen LogP contribution in [0.25, 0.3) is 0 Å². The van der Waals surface area contributed by atoms with Crippen LogP contribution < -0.4 is 5.32 Å². The van der Waals surface area contributed by atoms with Gasteiger partial charge in [-0.15, -0.1) is 0 Å². The molecule has 1 aromatic rings. The van der Waals surface area contributed by atoms with Gasteiger partial charge in [-0.05, 0) is 32.9 Å². The third kappa shape index (κ3) is 4.92. The van der Waals surface area contributed by atoms with Gasteiger partial charge in [0.1, 0.15) is 5.82 Å². The quantitative estimate of drug-likeness (QED) is 0.773. The van der Waals surface area contributed by atoms with Gasteiger partial charge in [0.25, 0.3) is 0 Å². The summed E-state index contributed by atoms with van der Waals surface area (Å²) >= 11 is 0. The smallest absolute Gasteiger partial charge is 0.127 e. The molecule has 0 bridgehead atoms. The molecule has 108 valence electrons. The molecule has 0 fully saturated rings. The van der Waals surface area contributed by atoms with Gasteiger partial charge in [0, 0.05) is 30.7 Å². The van der Waals surface area contributed by atoms with Crippen molar-refractivity contribution in [3.8, 4) is 0 Å². The fraction of sp³-hybridized carbons (Fsp3) is 0.625. The van der Waals surface area contributed by atoms with E-state index in [2.05, 4.69) is 31.0 Å². The van der Waals surface area contributed by atoms with Gasteiger partial charge < -0.3 is 5.32 Å². The lowest BCUT2D eigenvalue weighted by molar-refractivity contribution is 0.251. The Morgan fingerprint density at radius 1 is 1.21 bits per heavy atom. The Kier molecular flexibility index (Phi) is 7.03. The minimum atomic E-state index is -0.116. The van der Waals surface area contributed by atoms with Crippen molar-refractivity contribution < 1.29 is 4.39 Å². The number of rotatable bonds is 8. The lowest BCUT2D eigenvalue weighted by atomic mass is 10.1. The molecular weight excluding hydrogens is 239 g/mol. The van der Waals surface area contributed by atoms with Crippen LogP contribution in [0.5, 0.6) is 0 Å². The van der Waals surface area contributed by atoms with Gasteiger partial charge in [0.15, 0.2) is 0 Å². The van der Waals surface area contributed by atoms with E-state index in [4.69, 9.17) is 0 Å². The third-order valence-electron chi connectivity index (χ3n) is 3.90. The number of hydrogen-bond acceptors (Lipinski definition) is 2. The maximum atomic E-state index is 13.7. The Hall–Kier alpha value is -0.930. The Labute approximate surface area is 117 Å². The van der Waals surface area contributed by atoms with Crippen LogP contribution in [0.3, 0.4) is 0 Å². The molecule has 0 spiro atoms. The number of hydrogen-bond donors (Lipinski definition) is 1. The highest BCUT2D eigenvalue weighted by atomic mass is 19.1. The summed E-state index contributed by atoms with van der Waals surface area (Å²) in [6.45, 7) is 8.32. The third-order valence-corrected chi connectivity index (χ3v) is 3.90. The van der Waals surface area contributed by atoms with Crippen molar-refractivity contribution in [2.45, 2.75) is 45.7 Å². The van der Waals surface area contributed by atoms with E-state index in [0.717, 1.165) is 31.5 Å². The molecule has 2 nitrogen and oxygen atoms in total.